The van der Waals surface area contributed by atoms with Crippen molar-refractivity contribution in [3.8, 4) is 0 Å². The first-order valence-corrected chi connectivity index (χ1v) is 7.09. The Morgan fingerprint density at radius 3 is 2.68 bits per heavy atom. The number of carbonyl (C=O) groups is 2. The summed E-state index contributed by atoms with van der Waals surface area (Å²) in [5, 5.41) is 14.9. The molecule has 1 amide bonds. The molecule has 1 rings (SSSR count). The molecule has 0 aromatic heterocycles. The van der Waals surface area contributed by atoms with E-state index in [1.54, 1.807) is 0 Å². The maximum absolute atomic E-state index is 12.2. The number of rotatable bonds is 6. The number of aliphatic carboxylic acids is 1. The van der Waals surface area contributed by atoms with E-state index in [2.05, 4.69) is 24.5 Å². The van der Waals surface area contributed by atoms with Crippen LogP contribution in [0.5, 0.6) is 0 Å². The number of hydrogen-bond donors (Lipinski definition) is 3. The van der Waals surface area contributed by atoms with Gasteiger partial charge in [-0.3, -0.25) is 9.59 Å². The van der Waals surface area contributed by atoms with Gasteiger partial charge in [0, 0.05) is 13.0 Å². The smallest absolute Gasteiger partial charge is 0.303 e. The molecule has 0 aromatic carbocycles. The summed E-state index contributed by atoms with van der Waals surface area (Å²) < 4.78 is 0. The molecule has 0 radical (unpaired) electrons. The normalized spacial score (nSPS) is 23.6. The minimum atomic E-state index is -0.808. The Kier molecular flexibility index (Phi) is 5.79. The average Bonchev–Trinajstić information content (AvgIpc) is 2.33. The van der Waals surface area contributed by atoms with Gasteiger partial charge < -0.3 is 15.7 Å². The van der Waals surface area contributed by atoms with Crippen molar-refractivity contribution < 1.29 is 14.7 Å². The zero-order valence-electron chi connectivity index (χ0n) is 12.2. The third kappa shape index (κ3) is 4.82. The van der Waals surface area contributed by atoms with E-state index in [4.69, 9.17) is 5.11 Å². The molecule has 19 heavy (non-hydrogen) atoms. The van der Waals surface area contributed by atoms with Gasteiger partial charge in [0.25, 0.3) is 0 Å². The van der Waals surface area contributed by atoms with E-state index in [0.717, 1.165) is 25.8 Å². The number of carboxylic acids is 1. The monoisotopic (exact) mass is 270 g/mol. The van der Waals surface area contributed by atoms with Crippen molar-refractivity contribution in [2.24, 2.45) is 11.3 Å². The molecule has 0 saturated carbocycles. The van der Waals surface area contributed by atoms with Crippen LogP contribution < -0.4 is 10.6 Å². The van der Waals surface area contributed by atoms with Gasteiger partial charge in [0.15, 0.2) is 0 Å². The molecule has 0 aromatic rings. The molecular weight excluding hydrogens is 244 g/mol. The van der Waals surface area contributed by atoms with Gasteiger partial charge >= 0.3 is 5.97 Å². The summed E-state index contributed by atoms with van der Waals surface area (Å²) in [6, 6.07) is -0.177. The average molecular weight is 270 g/mol. The molecule has 5 heteroatoms. The van der Waals surface area contributed by atoms with Gasteiger partial charge in [-0.25, -0.2) is 0 Å². The quantitative estimate of drug-likeness (QED) is 0.681. The Morgan fingerprint density at radius 2 is 2.16 bits per heavy atom. The van der Waals surface area contributed by atoms with Crippen molar-refractivity contribution in [3.05, 3.63) is 0 Å². The summed E-state index contributed by atoms with van der Waals surface area (Å²) in [7, 11) is 0. The van der Waals surface area contributed by atoms with Crippen LogP contribution in [0.1, 0.15) is 46.5 Å². The van der Waals surface area contributed by atoms with Crippen LogP contribution >= 0.6 is 0 Å². The van der Waals surface area contributed by atoms with E-state index in [0.29, 0.717) is 6.54 Å². The fraction of sp³-hybridized carbons (Fsp3) is 0.857. The minimum Gasteiger partial charge on any atom is -0.481 e. The second kappa shape index (κ2) is 6.89. The Balaban J connectivity index is 2.47. The topological polar surface area (TPSA) is 78.4 Å². The van der Waals surface area contributed by atoms with Crippen molar-refractivity contribution in [1.82, 2.24) is 10.6 Å². The molecule has 5 nitrogen and oxygen atoms in total. The van der Waals surface area contributed by atoms with Crippen molar-refractivity contribution >= 4 is 11.9 Å². The predicted molar refractivity (Wildman–Crippen MR) is 73.8 cm³/mol. The number of carbonyl (C=O) groups excluding carboxylic acids is 1. The van der Waals surface area contributed by atoms with Crippen molar-refractivity contribution in [1.29, 1.82) is 0 Å². The van der Waals surface area contributed by atoms with Gasteiger partial charge in [0.05, 0.1) is 6.04 Å². The lowest BCUT2D eigenvalue weighted by Crippen LogP contribution is -2.56. The molecule has 0 aliphatic carbocycles. The Bertz CT molecular complexity index is 329. The minimum absolute atomic E-state index is 0.00598. The first-order valence-electron chi connectivity index (χ1n) is 7.09. The van der Waals surface area contributed by atoms with E-state index >= 15 is 0 Å². The second-order valence-electron chi connectivity index (χ2n) is 6.10. The molecule has 1 heterocycles. The van der Waals surface area contributed by atoms with E-state index < -0.39 is 5.97 Å². The summed E-state index contributed by atoms with van der Waals surface area (Å²) in [6.07, 6.45) is 2.99. The molecule has 1 aliphatic heterocycles. The maximum atomic E-state index is 12.2. The third-order valence-electron chi connectivity index (χ3n) is 4.00. The number of carboxylic acid groups (broad SMARTS) is 1. The Hall–Kier alpha value is -1.10. The highest BCUT2D eigenvalue weighted by Gasteiger charge is 2.37. The first-order chi connectivity index (χ1) is 8.86. The summed E-state index contributed by atoms with van der Waals surface area (Å²) in [5.74, 6) is -0.807. The molecular formula is C14H26N2O3. The van der Waals surface area contributed by atoms with Gasteiger partial charge in [-0.15, -0.1) is 0 Å². The fourth-order valence-electron chi connectivity index (χ4n) is 2.61. The van der Waals surface area contributed by atoms with E-state index in [-0.39, 0.29) is 29.7 Å². The van der Waals surface area contributed by atoms with Crippen LogP contribution in [0.3, 0.4) is 0 Å². The molecule has 1 fully saturated rings. The molecule has 1 aliphatic rings. The van der Waals surface area contributed by atoms with E-state index in [1.165, 1.54) is 0 Å². The standard InChI is InChI=1S/C14H26N2O3/c1-4-10(8-11(17)18)9-16-13(19)12-14(2,3)6-5-7-15-12/h10,12,15H,4-9H2,1-3H3,(H,16,19)(H,17,18). The van der Waals surface area contributed by atoms with Crippen molar-refractivity contribution in [2.75, 3.05) is 13.1 Å². The van der Waals surface area contributed by atoms with Crippen LogP contribution in [0.15, 0.2) is 0 Å². The summed E-state index contributed by atoms with van der Waals surface area (Å²) >= 11 is 0. The van der Waals surface area contributed by atoms with Crippen LogP contribution in [0.4, 0.5) is 0 Å². The second-order valence-corrected chi connectivity index (χ2v) is 6.10. The fourth-order valence-corrected chi connectivity index (χ4v) is 2.61. The molecule has 1 saturated heterocycles. The number of nitrogens with one attached hydrogen (secondary N) is 2. The van der Waals surface area contributed by atoms with Gasteiger partial charge in [0.1, 0.15) is 0 Å². The highest BCUT2D eigenvalue weighted by Crippen LogP contribution is 2.30. The predicted octanol–water partition coefficient (Wildman–Crippen LogP) is 1.38. The van der Waals surface area contributed by atoms with E-state index in [1.807, 2.05) is 6.92 Å². The third-order valence-corrected chi connectivity index (χ3v) is 4.00. The molecule has 110 valence electrons. The van der Waals surface area contributed by atoms with Crippen molar-refractivity contribution in [2.45, 2.75) is 52.5 Å². The van der Waals surface area contributed by atoms with Crippen LogP contribution in [-0.2, 0) is 9.59 Å². The molecule has 0 spiro atoms. The number of hydrogen-bond acceptors (Lipinski definition) is 3. The Labute approximate surface area is 115 Å². The largest absolute Gasteiger partial charge is 0.481 e. The summed E-state index contributed by atoms with van der Waals surface area (Å²) in [6.45, 7) is 7.45. The van der Waals surface area contributed by atoms with Crippen LogP contribution in [0.2, 0.25) is 0 Å². The van der Waals surface area contributed by atoms with Gasteiger partial charge in [-0.1, -0.05) is 27.2 Å². The zero-order valence-corrected chi connectivity index (χ0v) is 12.2. The lowest BCUT2D eigenvalue weighted by Gasteiger charge is -2.38. The maximum Gasteiger partial charge on any atom is 0.303 e. The molecule has 2 atom stereocenters. The lowest BCUT2D eigenvalue weighted by molar-refractivity contribution is -0.138. The highest BCUT2D eigenvalue weighted by molar-refractivity contribution is 5.82. The lowest BCUT2D eigenvalue weighted by atomic mass is 9.77. The van der Waals surface area contributed by atoms with Crippen LogP contribution in [-0.4, -0.2) is 36.1 Å². The van der Waals surface area contributed by atoms with Crippen LogP contribution in [0, 0.1) is 11.3 Å². The first kappa shape index (κ1) is 16.0. The van der Waals surface area contributed by atoms with Gasteiger partial charge in [-0.2, -0.15) is 0 Å². The molecule has 2 unspecified atom stereocenters. The van der Waals surface area contributed by atoms with Crippen molar-refractivity contribution in [3.63, 3.8) is 0 Å². The van der Waals surface area contributed by atoms with Crippen LogP contribution in [0.25, 0.3) is 0 Å². The SMILES string of the molecule is CCC(CNC(=O)C1NCCCC1(C)C)CC(=O)O. The summed E-state index contributed by atoms with van der Waals surface area (Å²) in [4.78, 5) is 22.9. The molecule has 0 bridgehead atoms. The zero-order chi connectivity index (χ0) is 14.5. The molecule has 3 N–H and O–H groups in total. The number of piperidine rings is 1. The summed E-state index contributed by atoms with van der Waals surface area (Å²) in [5.41, 5.74) is -0.0448. The van der Waals surface area contributed by atoms with Gasteiger partial charge in [0.2, 0.25) is 5.91 Å². The van der Waals surface area contributed by atoms with E-state index in [9.17, 15) is 9.59 Å². The Morgan fingerprint density at radius 1 is 1.47 bits per heavy atom. The number of amides is 1. The van der Waals surface area contributed by atoms with Gasteiger partial charge in [-0.05, 0) is 30.7 Å². The highest BCUT2D eigenvalue weighted by atomic mass is 16.4.